The van der Waals surface area contributed by atoms with Crippen molar-refractivity contribution in [3.63, 3.8) is 0 Å². The third kappa shape index (κ3) is 2.98. The molecule has 1 aliphatic rings. The molecule has 0 aromatic carbocycles. The molecule has 1 saturated carbocycles. The largest absolute Gasteiger partial charge is 0.393 e. The Hall–Kier alpha value is -0.0400. The third-order valence-electron chi connectivity index (χ3n) is 4.07. The second-order valence-electron chi connectivity index (χ2n) is 5.89. The Morgan fingerprint density at radius 1 is 1.43 bits per heavy atom. The highest BCUT2D eigenvalue weighted by Crippen LogP contribution is 2.46. The van der Waals surface area contributed by atoms with E-state index in [2.05, 4.69) is 20.8 Å². The fourth-order valence-corrected chi connectivity index (χ4v) is 3.13. The summed E-state index contributed by atoms with van der Waals surface area (Å²) in [4.78, 5) is 0. The topological polar surface area (TPSA) is 20.2 Å². The molecule has 1 heteroatoms. The average Bonchev–Trinajstić information content (AvgIpc) is 2.01. The summed E-state index contributed by atoms with van der Waals surface area (Å²) in [5.74, 6) is 1.66. The number of aliphatic hydroxyl groups is 1. The molecule has 84 valence electrons. The van der Waals surface area contributed by atoms with Crippen LogP contribution in [-0.2, 0) is 0 Å². The van der Waals surface area contributed by atoms with Gasteiger partial charge in [-0.3, -0.25) is 0 Å². The molecule has 14 heavy (non-hydrogen) atoms. The maximum atomic E-state index is 9.34. The number of hydrogen-bond donors (Lipinski definition) is 1. The van der Waals surface area contributed by atoms with Crippen LogP contribution in [0, 0.1) is 17.3 Å². The molecular weight excluding hydrogens is 172 g/mol. The zero-order valence-corrected chi connectivity index (χ0v) is 10.2. The van der Waals surface area contributed by atoms with Gasteiger partial charge in [0.2, 0.25) is 0 Å². The van der Waals surface area contributed by atoms with E-state index in [1.165, 1.54) is 25.7 Å². The van der Waals surface area contributed by atoms with Gasteiger partial charge in [0.1, 0.15) is 0 Å². The van der Waals surface area contributed by atoms with E-state index < -0.39 is 0 Å². The third-order valence-corrected chi connectivity index (χ3v) is 4.07. The Morgan fingerprint density at radius 2 is 2.07 bits per heavy atom. The number of hydrogen-bond acceptors (Lipinski definition) is 1. The van der Waals surface area contributed by atoms with Crippen LogP contribution in [-0.4, -0.2) is 11.2 Å². The van der Waals surface area contributed by atoms with E-state index >= 15 is 0 Å². The van der Waals surface area contributed by atoms with Gasteiger partial charge < -0.3 is 5.11 Å². The maximum absolute atomic E-state index is 9.34. The van der Waals surface area contributed by atoms with Gasteiger partial charge in [-0.25, -0.2) is 0 Å². The standard InChI is InChI=1S/C13H26O/c1-10-6-5-9-13(3,4)12(10)8-7-11(2)14/h10-12,14H,5-9H2,1-4H3/t10-,11?,12-/m1/s1. The summed E-state index contributed by atoms with van der Waals surface area (Å²) in [6.45, 7) is 9.08. The molecule has 0 heterocycles. The summed E-state index contributed by atoms with van der Waals surface area (Å²) in [5.41, 5.74) is 0.493. The summed E-state index contributed by atoms with van der Waals surface area (Å²) < 4.78 is 0. The minimum Gasteiger partial charge on any atom is -0.393 e. The lowest BCUT2D eigenvalue weighted by Crippen LogP contribution is -2.34. The molecule has 0 bridgehead atoms. The van der Waals surface area contributed by atoms with Gasteiger partial charge in [-0.05, 0) is 43.4 Å². The first-order chi connectivity index (χ1) is 6.43. The van der Waals surface area contributed by atoms with Crippen LogP contribution < -0.4 is 0 Å². The van der Waals surface area contributed by atoms with Crippen LogP contribution in [0.25, 0.3) is 0 Å². The Bertz CT molecular complexity index is 172. The highest BCUT2D eigenvalue weighted by atomic mass is 16.3. The molecule has 0 radical (unpaired) electrons. The van der Waals surface area contributed by atoms with E-state index in [-0.39, 0.29) is 6.10 Å². The lowest BCUT2D eigenvalue weighted by molar-refractivity contribution is 0.0606. The van der Waals surface area contributed by atoms with Crippen LogP contribution in [0.5, 0.6) is 0 Å². The van der Waals surface area contributed by atoms with Crippen molar-refractivity contribution in [2.24, 2.45) is 17.3 Å². The van der Waals surface area contributed by atoms with Crippen molar-refractivity contribution in [2.75, 3.05) is 0 Å². The first-order valence-electron chi connectivity index (χ1n) is 6.11. The zero-order valence-electron chi connectivity index (χ0n) is 10.2. The number of rotatable bonds is 3. The molecule has 0 aliphatic heterocycles. The van der Waals surface area contributed by atoms with Crippen molar-refractivity contribution in [3.05, 3.63) is 0 Å². The molecule has 1 nitrogen and oxygen atoms in total. The van der Waals surface area contributed by atoms with E-state index in [1.54, 1.807) is 0 Å². The van der Waals surface area contributed by atoms with Gasteiger partial charge >= 0.3 is 0 Å². The second kappa shape index (κ2) is 4.65. The van der Waals surface area contributed by atoms with Crippen LogP contribution in [0.15, 0.2) is 0 Å². The van der Waals surface area contributed by atoms with Crippen molar-refractivity contribution in [1.82, 2.24) is 0 Å². The lowest BCUT2D eigenvalue weighted by atomic mass is 9.62. The van der Waals surface area contributed by atoms with Crippen molar-refractivity contribution in [1.29, 1.82) is 0 Å². The minimum absolute atomic E-state index is 0.125. The normalized spacial score (nSPS) is 34.1. The fraction of sp³-hybridized carbons (Fsp3) is 1.00. The monoisotopic (exact) mass is 198 g/mol. The van der Waals surface area contributed by atoms with Crippen LogP contribution in [0.4, 0.5) is 0 Å². The summed E-state index contributed by atoms with van der Waals surface area (Å²) in [6, 6.07) is 0. The molecule has 1 aliphatic carbocycles. The Kier molecular flexibility index (Phi) is 4.00. The SMILES string of the molecule is CC(O)CC[C@@H]1[C@H](C)CCCC1(C)C. The van der Waals surface area contributed by atoms with E-state index in [1.807, 2.05) is 6.92 Å². The van der Waals surface area contributed by atoms with E-state index in [4.69, 9.17) is 0 Å². The minimum atomic E-state index is -0.125. The molecule has 0 aromatic rings. The molecule has 1 fully saturated rings. The summed E-state index contributed by atoms with van der Waals surface area (Å²) in [7, 11) is 0. The van der Waals surface area contributed by atoms with Gasteiger partial charge in [-0.2, -0.15) is 0 Å². The zero-order chi connectivity index (χ0) is 10.8. The Labute approximate surface area is 88.9 Å². The number of aliphatic hydroxyl groups excluding tert-OH is 1. The van der Waals surface area contributed by atoms with Crippen LogP contribution >= 0.6 is 0 Å². The Balaban J connectivity index is 2.52. The molecule has 0 saturated heterocycles. The molecule has 1 rings (SSSR count). The highest BCUT2D eigenvalue weighted by molar-refractivity contribution is 4.86. The lowest BCUT2D eigenvalue weighted by Gasteiger charge is -2.43. The van der Waals surface area contributed by atoms with Crippen molar-refractivity contribution in [2.45, 2.75) is 65.9 Å². The maximum Gasteiger partial charge on any atom is 0.0512 e. The van der Waals surface area contributed by atoms with Crippen LogP contribution in [0.2, 0.25) is 0 Å². The fourth-order valence-electron chi connectivity index (χ4n) is 3.13. The van der Waals surface area contributed by atoms with Gasteiger partial charge in [-0.15, -0.1) is 0 Å². The van der Waals surface area contributed by atoms with E-state index in [0.717, 1.165) is 18.3 Å². The van der Waals surface area contributed by atoms with Crippen molar-refractivity contribution >= 4 is 0 Å². The van der Waals surface area contributed by atoms with Crippen molar-refractivity contribution in [3.8, 4) is 0 Å². The molecule has 1 unspecified atom stereocenters. The quantitative estimate of drug-likeness (QED) is 0.734. The molecule has 0 aromatic heterocycles. The average molecular weight is 198 g/mol. The van der Waals surface area contributed by atoms with Gasteiger partial charge in [0.25, 0.3) is 0 Å². The summed E-state index contributed by atoms with van der Waals surface area (Å²) in [6.07, 6.45) is 6.18. The summed E-state index contributed by atoms with van der Waals surface area (Å²) in [5, 5.41) is 9.34. The second-order valence-corrected chi connectivity index (χ2v) is 5.89. The molecule has 3 atom stereocenters. The summed E-state index contributed by atoms with van der Waals surface area (Å²) >= 11 is 0. The molecule has 0 amide bonds. The molecule has 1 N–H and O–H groups in total. The Morgan fingerprint density at radius 3 is 2.57 bits per heavy atom. The molecule has 0 spiro atoms. The van der Waals surface area contributed by atoms with Gasteiger partial charge in [0.15, 0.2) is 0 Å². The first-order valence-corrected chi connectivity index (χ1v) is 6.11. The van der Waals surface area contributed by atoms with Gasteiger partial charge in [-0.1, -0.05) is 33.6 Å². The smallest absolute Gasteiger partial charge is 0.0512 e. The van der Waals surface area contributed by atoms with Crippen LogP contribution in [0.3, 0.4) is 0 Å². The predicted molar refractivity (Wildman–Crippen MR) is 61.2 cm³/mol. The van der Waals surface area contributed by atoms with Crippen molar-refractivity contribution < 1.29 is 5.11 Å². The highest BCUT2D eigenvalue weighted by Gasteiger charge is 2.36. The van der Waals surface area contributed by atoms with Gasteiger partial charge in [0, 0.05) is 0 Å². The van der Waals surface area contributed by atoms with E-state index in [9.17, 15) is 5.11 Å². The van der Waals surface area contributed by atoms with Gasteiger partial charge in [0.05, 0.1) is 6.10 Å². The first kappa shape index (κ1) is 12.0. The van der Waals surface area contributed by atoms with E-state index in [0.29, 0.717) is 5.41 Å². The molecular formula is C13H26O. The predicted octanol–water partition coefficient (Wildman–Crippen LogP) is 3.61. The van der Waals surface area contributed by atoms with Crippen LogP contribution in [0.1, 0.15) is 59.8 Å².